The number of carbonyl (C=O) groups excluding carboxylic acids is 1. The van der Waals surface area contributed by atoms with Crippen LogP contribution in [0.4, 0.5) is 5.69 Å². The summed E-state index contributed by atoms with van der Waals surface area (Å²) >= 11 is 5.52. The van der Waals surface area contributed by atoms with Crippen LogP contribution < -0.4 is 10.0 Å². The number of amides is 1. The zero-order valence-corrected chi connectivity index (χ0v) is 12.9. The lowest BCUT2D eigenvalue weighted by molar-refractivity contribution is 0.0956. The van der Waals surface area contributed by atoms with Gasteiger partial charge in [0.05, 0.1) is 5.75 Å². The third kappa shape index (κ3) is 5.79. The minimum atomic E-state index is -3.40. The maximum Gasteiger partial charge on any atom is 0.251 e. The first kappa shape index (κ1) is 16.8. The minimum absolute atomic E-state index is 0.0190. The first-order valence-corrected chi connectivity index (χ1v) is 8.62. The van der Waals surface area contributed by atoms with Gasteiger partial charge in [0.1, 0.15) is 0 Å². The van der Waals surface area contributed by atoms with E-state index >= 15 is 0 Å². The Kier molecular flexibility index (Phi) is 6.81. The van der Waals surface area contributed by atoms with Gasteiger partial charge in [-0.3, -0.25) is 9.52 Å². The number of anilines is 1. The molecule has 5 nitrogen and oxygen atoms in total. The van der Waals surface area contributed by atoms with Gasteiger partial charge in [0.2, 0.25) is 10.0 Å². The van der Waals surface area contributed by atoms with E-state index in [2.05, 4.69) is 10.0 Å². The lowest BCUT2D eigenvalue weighted by Gasteiger charge is -2.09. The number of sulfonamides is 1. The Labute approximate surface area is 124 Å². The summed E-state index contributed by atoms with van der Waals surface area (Å²) in [6.07, 6.45) is 1.16. The van der Waals surface area contributed by atoms with Crippen molar-refractivity contribution >= 4 is 33.2 Å². The number of hydrogen-bond donors (Lipinski definition) is 2. The molecule has 0 heterocycles. The highest BCUT2D eigenvalue weighted by atomic mass is 35.5. The maximum absolute atomic E-state index is 11.8. The number of nitrogens with one attached hydrogen (secondary N) is 2. The molecule has 1 aromatic rings. The van der Waals surface area contributed by atoms with E-state index in [-0.39, 0.29) is 11.7 Å². The molecular formula is C13H19ClN2O3S. The highest BCUT2D eigenvalue weighted by Crippen LogP contribution is 2.13. The van der Waals surface area contributed by atoms with Crippen molar-refractivity contribution in [3.05, 3.63) is 29.8 Å². The molecule has 0 atom stereocenters. The van der Waals surface area contributed by atoms with E-state index in [1.54, 1.807) is 18.2 Å². The molecule has 0 saturated heterocycles. The van der Waals surface area contributed by atoms with Gasteiger partial charge in [-0.15, -0.1) is 11.6 Å². The van der Waals surface area contributed by atoms with Crippen LogP contribution in [0.5, 0.6) is 0 Å². The zero-order valence-electron chi connectivity index (χ0n) is 11.4. The number of carbonyl (C=O) groups is 1. The van der Waals surface area contributed by atoms with Crippen LogP contribution in [-0.4, -0.2) is 32.5 Å². The van der Waals surface area contributed by atoms with E-state index in [0.717, 1.165) is 0 Å². The molecule has 0 bridgehead atoms. The van der Waals surface area contributed by atoms with Crippen LogP contribution in [0.25, 0.3) is 0 Å². The van der Waals surface area contributed by atoms with Gasteiger partial charge < -0.3 is 5.32 Å². The third-order valence-corrected chi connectivity index (χ3v) is 4.17. The summed E-state index contributed by atoms with van der Waals surface area (Å²) in [5, 5.41) is 2.66. The van der Waals surface area contributed by atoms with Gasteiger partial charge in [-0.05, 0) is 38.0 Å². The second-order valence-corrected chi connectivity index (χ2v) is 6.48. The summed E-state index contributed by atoms with van der Waals surface area (Å²) in [7, 11) is -3.40. The summed E-state index contributed by atoms with van der Waals surface area (Å²) in [6.45, 7) is 2.34. The molecule has 2 N–H and O–H groups in total. The molecule has 112 valence electrons. The standard InChI is InChI=1S/C13H19ClN2O3S/c1-2-15-13(17)11-6-5-7-12(10-11)16-20(18,19)9-4-3-8-14/h5-7,10,16H,2-4,8-9H2,1H3,(H,15,17). The van der Waals surface area contributed by atoms with E-state index < -0.39 is 10.0 Å². The summed E-state index contributed by atoms with van der Waals surface area (Å²) in [5.74, 6) is 0.239. The Hall–Kier alpha value is -1.27. The van der Waals surface area contributed by atoms with Crippen molar-refractivity contribution < 1.29 is 13.2 Å². The second-order valence-electron chi connectivity index (χ2n) is 4.26. The Morgan fingerprint density at radius 2 is 2.05 bits per heavy atom. The fraction of sp³-hybridized carbons (Fsp3) is 0.462. The molecule has 0 aliphatic heterocycles. The summed E-state index contributed by atoms with van der Waals surface area (Å²) < 4.78 is 26.1. The Morgan fingerprint density at radius 1 is 1.30 bits per heavy atom. The number of halogens is 1. The minimum Gasteiger partial charge on any atom is -0.352 e. The largest absolute Gasteiger partial charge is 0.352 e. The average Bonchev–Trinajstić information content (AvgIpc) is 2.39. The Balaban J connectivity index is 2.73. The lowest BCUT2D eigenvalue weighted by atomic mass is 10.2. The molecule has 0 fully saturated rings. The fourth-order valence-electron chi connectivity index (χ4n) is 1.60. The van der Waals surface area contributed by atoms with Gasteiger partial charge in [0.25, 0.3) is 5.91 Å². The number of benzene rings is 1. The van der Waals surface area contributed by atoms with Crippen molar-refractivity contribution in [3.63, 3.8) is 0 Å². The van der Waals surface area contributed by atoms with Crippen molar-refractivity contribution in [2.45, 2.75) is 19.8 Å². The van der Waals surface area contributed by atoms with Gasteiger partial charge in [-0.1, -0.05) is 6.07 Å². The SMILES string of the molecule is CCNC(=O)c1cccc(NS(=O)(=O)CCCCCl)c1. The van der Waals surface area contributed by atoms with Crippen molar-refractivity contribution in [1.29, 1.82) is 0 Å². The quantitative estimate of drug-likeness (QED) is 0.570. The topological polar surface area (TPSA) is 75.3 Å². The van der Waals surface area contributed by atoms with E-state index in [9.17, 15) is 13.2 Å². The van der Waals surface area contributed by atoms with Crippen LogP contribution >= 0.6 is 11.6 Å². The molecule has 1 amide bonds. The van der Waals surface area contributed by atoms with Gasteiger partial charge in [-0.2, -0.15) is 0 Å². The van der Waals surface area contributed by atoms with E-state index in [0.29, 0.717) is 36.5 Å². The van der Waals surface area contributed by atoms with Crippen LogP contribution in [0.3, 0.4) is 0 Å². The van der Waals surface area contributed by atoms with Gasteiger partial charge >= 0.3 is 0 Å². The fourth-order valence-corrected chi connectivity index (χ4v) is 2.96. The molecule has 0 saturated carbocycles. The maximum atomic E-state index is 11.8. The molecule has 0 aliphatic rings. The predicted octanol–water partition coefficient (Wildman–Crippen LogP) is 2.20. The molecular weight excluding hydrogens is 300 g/mol. The number of alkyl halides is 1. The van der Waals surface area contributed by atoms with Gasteiger partial charge in [-0.25, -0.2) is 8.42 Å². The number of unbranched alkanes of at least 4 members (excludes halogenated alkanes) is 1. The first-order valence-electron chi connectivity index (χ1n) is 6.43. The molecule has 0 spiro atoms. The van der Waals surface area contributed by atoms with Crippen LogP contribution in [-0.2, 0) is 10.0 Å². The molecule has 0 aromatic heterocycles. The van der Waals surface area contributed by atoms with Crippen molar-refractivity contribution in [2.24, 2.45) is 0 Å². The Morgan fingerprint density at radius 3 is 2.70 bits per heavy atom. The van der Waals surface area contributed by atoms with Gasteiger partial charge in [0, 0.05) is 23.7 Å². The van der Waals surface area contributed by atoms with Crippen molar-refractivity contribution in [3.8, 4) is 0 Å². The average molecular weight is 319 g/mol. The monoisotopic (exact) mass is 318 g/mol. The van der Waals surface area contributed by atoms with Crippen molar-refractivity contribution in [2.75, 3.05) is 22.9 Å². The van der Waals surface area contributed by atoms with E-state index in [4.69, 9.17) is 11.6 Å². The van der Waals surface area contributed by atoms with E-state index in [1.165, 1.54) is 6.07 Å². The molecule has 7 heteroatoms. The normalized spacial score (nSPS) is 11.1. The predicted molar refractivity (Wildman–Crippen MR) is 81.8 cm³/mol. The molecule has 20 heavy (non-hydrogen) atoms. The number of rotatable bonds is 8. The lowest BCUT2D eigenvalue weighted by Crippen LogP contribution is -2.23. The zero-order chi connectivity index (χ0) is 15.0. The van der Waals surface area contributed by atoms with E-state index in [1.807, 2.05) is 6.92 Å². The van der Waals surface area contributed by atoms with Crippen molar-refractivity contribution in [1.82, 2.24) is 5.32 Å². The first-order chi connectivity index (χ1) is 9.48. The molecule has 0 unspecified atom stereocenters. The van der Waals surface area contributed by atoms with Crippen LogP contribution in [0.1, 0.15) is 30.1 Å². The molecule has 1 rings (SSSR count). The number of hydrogen-bond acceptors (Lipinski definition) is 3. The summed E-state index contributed by atoms with van der Waals surface area (Å²) in [6, 6.07) is 6.41. The summed E-state index contributed by atoms with van der Waals surface area (Å²) in [5.41, 5.74) is 0.812. The second kappa shape index (κ2) is 8.11. The highest BCUT2D eigenvalue weighted by Gasteiger charge is 2.11. The van der Waals surface area contributed by atoms with Crippen LogP contribution in [0.2, 0.25) is 0 Å². The van der Waals surface area contributed by atoms with Crippen LogP contribution in [0, 0.1) is 0 Å². The molecule has 0 radical (unpaired) electrons. The van der Waals surface area contributed by atoms with Crippen LogP contribution in [0.15, 0.2) is 24.3 Å². The third-order valence-electron chi connectivity index (χ3n) is 2.53. The highest BCUT2D eigenvalue weighted by molar-refractivity contribution is 7.92. The Bertz CT molecular complexity index is 546. The summed E-state index contributed by atoms with van der Waals surface area (Å²) in [4.78, 5) is 11.7. The van der Waals surface area contributed by atoms with Gasteiger partial charge in [0.15, 0.2) is 0 Å². The smallest absolute Gasteiger partial charge is 0.251 e. The molecule has 1 aromatic carbocycles. The molecule has 0 aliphatic carbocycles.